The third kappa shape index (κ3) is 4.79. The summed E-state index contributed by atoms with van der Waals surface area (Å²) >= 11 is 0. The molecule has 25 heavy (non-hydrogen) atoms. The second-order valence-electron chi connectivity index (χ2n) is 6.59. The van der Waals surface area contributed by atoms with Gasteiger partial charge in [0.25, 0.3) is 5.91 Å². The molecule has 1 fully saturated rings. The van der Waals surface area contributed by atoms with Crippen LogP contribution in [0.3, 0.4) is 0 Å². The molecule has 1 atom stereocenters. The predicted molar refractivity (Wildman–Crippen MR) is 97.2 cm³/mol. The Bertz CT molecular complexity index is 682. The number of carbonyl (C=O) groups is 1. The van der Waals surface area contributed by atoms with E-state index >= 15 is 0 Å². The monoisotopic (exact) mass is 342 g/mol. The summed E-state index contributed by atoms with van der Waals surface area (Å²) in [6.07, 6.45) is 0. The number of amides is 1. The average Bonchev–Trinajstić information content (AvgIpc) is 2.64. The van der Waals surface area contributed by atoms with Crippen LogP contribution in [0.2, 0.25) is 0 Å². The molecular weight excluding hydrogens is 317 g/mol. The average molecular weight is 342 g/mol. The zero-order chi connectivity index (χ0) is 17.6. The predicted octanol–water partition coefficient (Wildman–Crippen LogP) is 1.41. The number of nitrogens with zero attached hydrogens (tertiary/aromatic N) is 1. The number of rotatable bonds is 5. The van der Waals surface area contributed by atoms with E-state index < -0.39 is 0 Å². The van der Waals surface area contributed by atoms with Gasteiger partial charge in [-0.15, -0.1) is 0 Å². The molecule has 1 aliphatic heterocycles. The zero-order valence-electron chi connectivity index (χ0n) is 14.5. The Hall–Kier alpha value is -2.40. The normalized spacial score (nSPS) is 16.5. The van der Waals surface area contributed by atoms with E-state index in [0.29, 0.717) is 6.54 Å². The number of hydrogen-bond acceptors (Lipinski definition) is 2. The summed E-state index contributed by atoms with van der Waals surface area (Å²) in [5.74, 6) is -0.126. The maximum Gasteiger partial charge on any atom is 0.275 e. The molecule has 0 saturated carbocycles. The minimum absolute atomic E-state index is 0.0219. The fraction of sp³-hybridized carbons (Fsp3) is 0.350. The van der Waals surface area contributed by atoms with E-state index in [4.69, 9.17) is 0 Å². The van der Waals surface area contributed by atoms with Crippen molar-refractivity contribution in [3.63, 3.8) is 0 Å². The van der Waals surface area contributed by atoms with Gasteiger partial charge in [0.1, 0.15) is 5.82 Å². The Balaban J connectivity index is 1.45. The largest absolute Gasteiger partial charge is 0.360 e. The van der Waals surface area contributed by atoms with Crippen molar-refractivity contribution in [3.05, 3.63) is 66.0 Å². The van der Waals surface area contributed by atoms with Crippen LogP contribution in [0.1, 0.15) is 18.5 Å². The molecule has 1 amide bonds. The molecule has 1 aliphatic rings. The molecule has 132 valence electrons. The lowest BCUT2D eigenvalue weighted by Gasteiger charge is -2.33. The minimum Gasteiger partial charge on any atom is -0.360 e. The Morgan fingerprint density at radius 3 is 2.40 bits per heavy atom. The first-order valence-corrected chi connectivity index (χ1v) is 8.80. The van der Waals surface area contributed by atoms with Crippen molar-refractivity contribution in [3.8, 4) is 0 Å². The highest BCUT2D eigenvalue weighted by Gasteiger charge is 2.23. The van der Waals surface area contributed by atoms with Gasteiger partial charge >= 0.3 is 0 Å². The molecule has 1 heterocycles. The van der Waals surface area contributed by atoms with Crippen LogP contribution < -0.4 is 15.1 Å². The van der Waals surface area contributed by atoms with E-state index in [1.54, 1.807) is 0 Å². The Labute approximate surface area is 148 Å². The van der Waals surface area contributed by atoms with Gasteiger partial charge in [-0.25, -0.2) is 4.39 Å². The molecule has 0 unspecified atom stereocenters. The van der Waals surface area contributed by atoms with E-state index in [-0.39, 0.29) is 17.8 Å². The summed E-state index contributed by atoms with van der Waals surface area (Å²) < 4.78 is 13.0. The van der Waals surface area contributed by atoms with Crippen molar-refractivity contribution < 1.29 is 14.1 Å². The molecule has 0 radical (unpaired) electrons. The van der Waals surface area contributed by atoms with Crippen LogP contribution in [0.15, 0.2) is 54.6 Å². The molecule has 2 aromatic rings. The highest BCUT2D eigenvalue weighted by atomic mass is 19.1. The van der Waals surface area contributed by atoms with Crippen LogP contribution >= 0.6 is 0 Å². The van der Waals surface area contributed by atoms with E-state index in [1.807, 2.05) is 49.4 Å². The van der Waals surface area contributed by atoms with Crippen LogP contribution in [0.25, 0.3) is 0 Å². The summed E-state index contributed by atoms with van der Waals surface area (Å²) in [4.78, 5) is 15.8. The van der Waals surface area contributed by atoms with Crippen molar-refractivity contribution in [1.82, 2.24) is 5.32 Å². The number of nitrogens with one attached hydrogen (secondary N) is 2. The molecule has 2 N–H and O–H groups in total. The van der Waals surface area contributed by atoms with Gasteiger partial charge in [-0.1, -0.05) is 30.3 Å². The van der Waals surface area contributed by atoms with Crippen molar-refractivity contribution in [2.75, 3.05) is 37.6 Å². The van der Waals surface area contributed by atoms with Crippen LogP contribution in [0.5, 0.6) is 0 Å². The van der Waals surface area contributed by atoms with Crippen LogP contribution in [-0.4, -0.2) is 38.6 Å². The number of piperazine rings is 1. The molecule has 1 saturated heterocycles. The first-order chi connectivity index (χ1) is 12.1. The fourth-order valence-corrected chi connectivity index (χ4v) is 3.25. The second-order valence-corrected chi connectivity index (χ2v) is 6.59. The molecule has 0 spiro atoms. The third-order valence-electron chi connectivity index (χ3n) is 4.75. The van der Waals surface area contributed by atoms with Gasteiger partial charge in [0.05, 0.1) is 32.2 Å². The minimum atomic E-state index is -0.211. The number of halogens is 1. The van der Waals surface area contributed by atoms with Crippen LogP contribution in [0.4, 0.5) is 10.1 Å². The van der Waals surface area contributed by atoms with E-state index in [2.05, 4.69) is 10.2 Å². The SMILES string of the molecule is C[C@@H](NC(=O)C[NH+]1CCN(c2ccc(F)cc2)CC1)c1ccccc1. The van der Waals surface area contributed by atoms with Crippen molar-refractivity contribution in [2.24, 2.45) is 0 Å². The summed E-state index contributed by atoms with van der Waals surface area (Å²) in [5.41, 5.74) is 2.16. The topological polar surface area (TPSA) is 36.8 Å². The number of hydrogen-bond donors (Lipinski definition) is 2. The highest BCUT2D eigenvalue weighted by molar-refractivity contribution is 5.77. The molecule has 2 aromatic carbocycles. The van der Waals surface area contributed by atoms with Crippen molar-refractivity contribution >= 4 is 11.6 Å². The molecular formula is C20H25FN3O+. The van der Waals surface area contributed by atoms with Gasteiger partial charge in [0.15, 0.2) is 6.54 Å². The first kappa shape index (κ1) is 17.4. The van der Waals surface area contributed by atoms with Crippen molar-refractivity contribution in [2.45, 2.75) is 13.0 Å². The van der Waals surface area contributed by atoms with Gasteiger partial charge in [-0.05, 0) is 36.8 Å². The molecule has 5 heteroatoms. The van der Waals surface area contributed by atoms with Crippen molar-refractivity contribution in [1.29, 1.82) is 0 Å². The van der Waals surface area contributed by atoms with Crippen LogP contribution in [0, 0.1) is 5.82 Å². The van der Waals surface area contributed by atoms with Gasteiger partial charge in [0.2, 0.25) is 0 Å². The van der Waals surface area contributed by atoms with Gasteiger partial charge in [0, 0.05) is 5.69 Å². The number of quaternary nitrogens is 1. The lowest BCUT2D eigenvalue weighted by molar-refractivity contribution is -0.892. The Morgan fingerprint density at radius 2 is 1.76 bits per heavy atom. The van der Waals surface area contributed by atoms with Gasteiger partial charge in [-0.3, -0.25) is 4.79 Å². The lowest BCUT2D eigenvalue weighted by Crippen LogP contribution is -3.15. The summed E-state index contributed by atoms with van der Waals surface area (Å²) in [7, 11) is 0. The smallest absolute Gasteiger partial charge is 0.275 e. The summed E-state index contributed by atoms with van der Waals surface area (Å²) in [6, 6.07) is 16.6. The lowest BCUT2D eigenvalue weighted by atomic mass is 10.1. The quantitative estimate of drug-likeness (QED) is 0.862. The summed E-state index contributed by atoms with van der Waals surface area (Å²) in [6.45, 7) is 6.07. The van der Waals surface area contributed by atoms with E-state index in [1.165, 1.54) is 17.0 Å². The number of carbonyl (C=O) groups excluding carboxylic acids is 1. The fourth-order valence-electron chi connectivity index (χ4n) is 3.25. The van der Waals surface area contributed by atoms with Gasteiger partial charge in [-0.2, -0.15) is 0 Å². The molecule has 3 rings (SSSR count). The van der Waals surface area contributed by atoms with E-state index in [0.717, 1.165) is 37.4 Å². The number of benzene rings is 2. The van der Waals surface area contributed by atoms with Gasteiger partial charge < -0.3 is 15.1 Å². The number of anilines is 1. The molecule has 0 aromatic heterocycles. The Kier molecular flexibility index (Phi) is 5.66. The standard InChI is InChI=1S/C20H24FN3O/c1-16(17-5-3-2-4-6-17)22-20(25)15-23-11-13-24(14-12-23)19-9-7-18(21)8-10-19/h2-10,16H,11-15H2,1H3,(H,22,25)/p+1/t16-/m1/s1. The van der Waals surface area contributed by atoms with Crippen LogP contribution in [-0.2, 0) is 4.79 Å². The highest BCUT2D eigenvalue weighted by Crippen LogP contribution is 2.14. The second kappa shape index (κ2) is 8.12. The zero-order valence-corrected chi connectivity index (χ0v) is 14.5. The molecule has 0 bridgehead atoms. The molecule has 4 nitrogen and oxygen atoms in total. The van der Waals surface area contributed by atoms with E-state index in [9.17, 15) is 9.18 Å². The Morgan fingerprint density at radius 1 is 1.12 bits per heavy atom. The summed E-state index contributed by atoms with van der Waals surface area (Å²) in [5, 5.41) is 3.08. The first-order valence-electron chi connectivity index (χ1n) is 8.80. The third-order valence-corrected chi connectivity index (χ3v) is 4.75. The maximum absolute atomic E-state index is 13.0. The molecule has 0 aliphatic carbocycles. The maximum atomic E-state index is 13.0.